The molecule has 1 heterocycles. The largest absolute Gasteiger partial charge is 0.497 e. The number of carboxylic acid groups (broad SMARTS) is 1. The maximum absolute atomic E-state index is 10.7. The molecule has 0 amide bonds. The summed E-state index contributed by atoms with van der Waals surface area (Å²) >= 11 is 0. The highest BCUT2D eigenvalue weighted by atomic mass is 16.5. The van der Waals surface area contributed by atoms with Crippen molar-refractivity contribution in [2.75, 3.05) is 12.4 Å². The van der Waals surface area contributed by atoms with Gasteiger partial charge in [-0.05, 0) is 39.3 Å². The molecule has 118 valence electrons. The molecular weight excluding hydrogens is 282 g/mol. The predicted molar refractivity (Wildman–Crippen MR) is 85.4 cm³/mol. The average Bonchev–Trinajstić information content (AvgIpc) is 2.45. The minimum atomic E-state index is -0.803. The first kappa shape index (κ1) is 16.0. The predicted octanol–water partition coefficient (Wildman–Crippen LogP) is 3.00. The summed E-state index contributed by atoms with van der Waals surface area (Å²) in [6, 6.07) is 5.54. The summed E-state index contributed by atoms with van der Waals surface area (Å²) < 4.78 is 5.19. The molecule has 0 aliphatic rings. The first-order valence-electron chi connectivity index (χ1n) is 7.13. The van der Waals surface area contributed by atoms with Crippen molar-refractivity contribution in [2.45, 2.75) is 39.2 Å². The van der Waals surface area contributed by atoms with E-state index in [4.69, 9.17) is 9.84 Å². The molecule has 1 aromatic heterocycles. The van der Waals surface area contributed by atoms with Crippen LogP contribution in [0, 0.1) is 6.92 Å². The topological polar surface area (TPSA) is 84.3 Å². The second-order valence-corrected chi connectivity index (χ2v) is 5.91. The molecule has 6 heteroatoms. The summed E-state index contributed by atoms with van der Waals surface area (Å²) in [5, 5.41) is 12.1. The summed E-state index contributed by atoms with van der Waals surface area (Å²) in [5.41, 5.74) is 1.93. The maximum Gasteiger partial charge on any atom is 0.303 e. The Hall–Kier alpha value is -2.37. The standard InChI is InChI=1S/C16H21N3O3/c1-10-15(19-16(2,3)8-7-14(20)21)18-12-6-5-11(22-4)9-13(12)17-10/h5-6,9H,7-8H2,1-4H3,(H,18,19)(H,20,21). The van der Waals surface area contributed by atoms with Crippen LogP contribution in [0.5, 0.6) is 5.75 Å². The molecule has 0 aliphatic heterocycles. The molecule has 0 radical (unpaired) electrons. The second-order valence-electron chi connectivity index (χ2n) is 5.91. The van der Waals surface area contributed by atoms with Crippen LogP contribution in [0.25, 0.3) is 11.0 Å². The number of benzene rings is 1. The van der Waals surface area contributed by atoms with Crippen LogP contribution in [-0.4, -0.2) is 33.7 Å². The molecular formula is C16H21N3O3. The van der Waals surface area contributed by atoms with E-state index in [9.17, 15) is 4.79 Å². The molecule has 1 aromatic carbocycles. The molecule has 0 fully saturated rings. The van der Waals surface area contributed by atoms with E-state index in [0.29, 0.717) is 12.2 Å². The summed E-state index contributed by atoms with van der Waals surface area (Å²) in [6.45, 7) is 5.78. The van der Waals surface area contributed by atoms with Gasteiger partial charge in [0.15, 0.2) is 0 Å². The van der Waals surface area contributed by atoms with E-state index in [-0.39, 0.29) is 12.0 Å². The molecule has 2 rings (SSSR count). The zero-order valence-corrected chi connectivity index (χ0v) is 13.3. The summed E-state index contributed by atoms with van der Waals surface area (Å²) in [4.78, 5) is 19.9. The Morgan fingerprint density at radius 2 is 2.05 bits per heavy atom. The van der Waals surface area contributed by atoms with E-state index >= 15 is 0 Å². The lowest BCUT2D eigenvalue weighted by molar-refractivity contribution is -0.137. The molecule has 0 atom stereocenters. The van der Waals surface area contributed by atoms with Gasteiger partial charge in [0.05, 0.1) is 23.8 Å². The molecule has 6 nitrogen and oxygen atoms in total. The van der Waals surface area contributed by atoms with Crippen molar-refractivity contribution in [2.24, 2.45) is 0 Å². The van der Waals surface area contributed by atoms with Crippen LogP contribution in [0.1, 0.15) is 32.4 Å². The van der Waals surface area contributed by atoms with Crippen molar-refractivity contribution in [1.29, 1.82) is 0 Å². The minimum absolute atomic E-state index is 0.108. The number of carboxylic acids is 1. The number of aliphatic carboxylic acids is 1. The molecule has 0 saturated carbocycles. The molecule has 0 bridgehead atoms. The lowest BCUT2D eigenvalue weighted by Crippen LogP contribution is -2.32. The van der Waals surface area contributed by atoms with Crippen LogP contribution in [0.4, 0.5) is 5.82 Å². The zero-order valence-electron chi connectivity index (χ0n) is 13.3. The van der Waals surface area contributed by atoms with Gasteiger partial charge in [0.1, 0.15) is 11.6 Å². The van der Waals surface area contributed by atoms with Crippen LogP contribution >= 0.6 is 0 Å². The zero-order chi connectivity index (χ0) is 16.3. The van der Waals surface area contributed by atoms with Crippen LogP contribution in [0.2, 0.25) is 0 Å². The van der Waals surface area contributed by atoms with E-state index in [1.807, 2.05) is 39.0 Å². The molecule has 2 aromatic rings. The number of hydrogen-bond donors (Lipinski definition) is 2. The number of ether oxygens (including phenoxy) is 1. The second kappa shape index (κ2) is 6.17. The number of hydrogen-bond acceptors (Lipinski definition) is 5. The van der Waals surface area contributed by atoms with Gasteiger partial charge in [-0.15, -0.1) is 0 Å². The summed E-state index contributed by atoms with van der Waals surface area (Å²) in [5.74, 6) is 0.611. The first-order valence-corrected chi connectivity index (χ1v) is 7.13. The normalized spacial score (nSPS) is 11.5. The number of fused-ring (bicyclic) bond motifs is 1. The number of aryl methyl sites for hydroxylation is 1. The Kier molecular flexibility index (Phi) is 4.49. The van der Waals surface area contributed by atoms with Crippen molar-refractivity contribution >= 4 is 22.8 Å². The van der Waals surface area contributed by atoms with Gasteiger partial charge in [0.2, 0.25) is 0 Å². The smallest absolute Gasteiger partial charge is 0.303 e. The van der Waals surface area contributed by atoms with Crippen molar-refractivity contribution in [3.05, 3.63) is 23.9 Å². The number of carbonyl (C=O) groups is 1. The molecule has 0 unspecified atom stereocenters. The van der Waals surface area contributed by atoms with Gasteiger partial charge < -0.3 is 15.2 Å². The van der Waals surface area contributed by atoms with Gasteiger partial charge in [0, 0.05) is 18.0 Å². The molecule has 0 saturated heterocycles. The lowest BCUT2D eigenvalue weighted by Gasteiger charge is -2.27. The van der Waals surface area contributed by atoms with Crippen molar-refractivity contribution in [3.63, 3.8) is 0 Å². The van der Waals surface area contributed by atoms with Gasteiger partial charge in [-0.1, -0.05) is 0 Å². The SMILES string of the molecule is COc1ccc2nc(NC(C)(C)CCC(=O)O)c(C)nc2c1. The van der Waals surface area contributed by atoms with E-state index in [0.717, 1.165) is 22.5 Å². The Bertz CT molecular complexity index is 698. The number of aromatic nitrogens is 2. The van der Waals surface area contributed by atoms with Crippen molar-refractivity contribution in [1.82, 2.24) is 9.97 Å². The quantitative estimate of drug-likeness (QED) is 0.853. The third-order valence-corrected chi connectivity index (χ3v) is 3.47. The Labute approximate surface area is 129 Å². The van der Waals surface area contributed by atoms with Gasteiger partial charge in [-0.3, -0.25) is 4.79 Å². The van der Waals surface area contributed by atoms with Gasteiger partial charge in [-0.25, -0.2) is 9.97 Å². The fourth-order valence-electron chi connectivity index (χ4n) is 2.17. The van der Waals surface area contributed by atoms with Gasteiger partial charge in [-0.2, -0.15) is 0 Å². The van der Waals surface area contributed by atoms with Crippen LogP contribution < -0.4 is 10.1 Å². The highest BCUT2D eigenvalue weighted by molar-refractivity contribution is 5.78. The van der Waals surface area contributed by atoms with Crippen LogP contribution in [0.15, 0.2) is 18.2 Å². The van der Waals surface area contributed by atoms with Crippen molar-refractivity contribution < 1.29 is 14.6 Å². The average molecular weight is 303 g/mol. The maximum atomic E-state index is 10.7. The van der Waals surface area contributed by atoms with E-state index in [2.05, 4.69) is 15.3 Å². The third-order valence-electron chi connectivity index (χ3n) is 3.47. The highest BCUT2D eigenvalue weighted by Gasteiger charge is 2.21. The molecule has 22 heavy (non-hydrogen) atoms. The lowest BCUT2D eigenvalue weighted by atomic mass is 9.98. The van der Waals surface area contributed by atoms with E-state index in [1.54, 1.807) is 7.11 Å². The first-order chi connectivity index (χ1) is 10.3. The summed E-state index contributed by atoms with van der Waals surface area (Å²) in [7, 11) is 1.61. The molecule has 2 N–H and O–H groups in total. The van der Waals surface area contributed by atoms with Gasteiger partial charge in [0.25, 0.3) is 0 Å². The molecule has 0 spiro atoms. The highest BCUT2D eigenvalue weighted by Crippen LogP contribution is 2.24. The fourth-order valence-corrected chi connectivity index (χ4v) is 2.17. The Balaban J connectivity index is 2.27. The number of rotatable bonds is 6. The third kappa shape index (κ3) is 3.84. The van der Waals surface area contributed by atoms with Crippen LogP contribution in [0.3, 0.4) is 0 Å². The number of nitrogens with zero attached hydrogens (tertiary/aromatic N) is 2. The fraction of sp³-hybridized carbons (Fsp3) is 0.438. The van der Waals surface area contributed by atoms with E-state index in [1.165, 1.54) is 0 Å². The van der Waals surface area contributed by atoms with Crippen LogP contribution in [-0.2, 0) is 4.79 Å². The number of methoxy groups -OCH3 is 1. The van der Waals surface area contributed by atoms with E-state index < -0.39 is 5.97 Å². The number of nitrogens with one attached hydrogen (secondary N) is 1. The van der Waals surface area contributed by atoms with Gasteiger partial charge >= 0.3 is 5.97 Å². The Morgan fingerprint density at radius 1 is 1.32 bits per heavy atom. The Morgan fingerprint density at radius 3 is 2.68 bits per heavy atom. The molecule has 0 aliphatic carbocycles. The van der Waals surface area contributed by atoms with Crippen molar-refractivity contribution in [3.8, 4) is 5.75 Å². The monoisotopic (exact) mass is 303 g/mol. The minimum Gasteiger partial charge on any atom is -0.497 e. The number of anilines is 1. The summed E-state index contributed by atoms with van der Waals surface area (Å²) in [6.07, 6.45) is 0.612.